The summed E-state index contributed by atoms with van der Waals surface area (Å²) in [5, 5.41) is 3.39. The van der Waals surface area contributed by atoms with Crippen LogP contribution in [-0.2, 0) is 9.59 Å². The van der Waals surface area contributed by atoms with E-state index >= 15 is 0 Å². The highest BCUT2D eigenvalue weighted by Crippen LogP contribution is 2.45. The lowest BCUT2D eigenvalue weighted by atomic mass is 9.73. The normalized spacial score (nSPS) is 22.6. The molecule has 2 aromatic carbocycles. The number of hydrazine groups is 1. The van der Waals surface area contributed by atoms with Crippen molar-refractivity contribution < 1.29 is 14.0 Å². The molecule has 144 valence electrons. The summed E-state index contributed by atoms with van der Waals surface area (Å²) in [5.74, 6) is -0.560. The van der Waals surface area contributed by atoms with Crippen LogP contribution in [0.3, 0.4) is 0 Å². The Labute approximate surface area is 164 Å². The Balaban J connectivity index is 1.80. The zero-order valence-corrected chi connectivity index (χ0v) is 16.1. The molecule has 1 heterocycles. The molecule has 1 aliphatic carbocycles. The minimum atomic E-state index is -0.325. The summed E-state index contributed by atoms with van der Waals surface area (Å²) in [6, 6.07) is 16.1. The van der Waals surface area contributed by atoms with Gasteiger partial charge in [-0.1, -0.05) is 42.5 Å². The van der Waals surface area contributed by atoms with Gasteiger partial charge in [0, 0.05) is 44.1 Å². The number of rotatable bonds is 3. The van der Waals surface area contributed by atoms with Crippen molar-refractivity contribution in [1.29, 1.82) is 0 Å². The van der Waals surface area contributed by atoms with Crippen molar-refractivity contribution in [3.63, 3.8) is 0 Å². The minimum Gasteiger partial charge on any atom is -0.294 e. The first-order valence-electron chi connectivity index (χ1n) is 9.52. The van der Waals surface area contributed by atoms with Crippen LogP contribution in [0.2, 0.25) is 0 Å². The van der Waals surface area contributed by atoms with E-state index in [1.807, 2.05) is 44.4 Å². The van der Waals surface area contributed by atoms with Crippen molar-refractivity contribution >= 4 is 11.7 Å². The Morgan fingerprint density at radius 2 is 1.57 bits per heavy atom. The standard InChI is InChI=1S/C23H23FN2O2/c1-25(2)26-20-12-17(15-6-4-3-5-7-15)13-21(27)23(20)19(14-22(26)28)16-8-10-18(24)11-9-16/h3-11,17,19H,12-14H2,1-2H3. The molecule has 0 aromatic heterocycles. The molecular weight excluding hydrogens is 355 g/mol. The Morgan fingerprint density at radius 3 is 2.21 bits per heavy atom. The average Bonchev–Trinajstić information content (AvgIpc) is 2.68. The first-order valence-corrected chi connectivity index (χ1v) is 9.52. The van der Waals surface area contributed by atoms with E-state index < -0.39 is 0 Å². The van der Waals surface area contributed by atoms with E-state index in [1.165, 1.54) is 12.1 Å². The van der Waals surface area contributed by atoms with Crippen molar-refractivity contribution in [3.8, 4) is 0 Å². The van der Waals surface area contributed by atoms with Gasteiger partial charge in [-0.15, -0.1) is 0 Å². The molecule has 0 saturated heterocycles. The van der Waals surface area contributed by atoms with Crippen molar-refractivity contribution in [2.45, 2.75) is 31.1 Å². The molecule has 0 bridgehead atoms. The highest BCUT2D eigenvalue weighted by atomic mass is 19.1. The molecule has 1 amide bonds. The van der Waals surface area contributed by atoms with Gasteiger partial charge in [0.15, 0.2) is 5.78 Å². The van der Waals surface area contributed by atoms with Crippen molar-refractivity contribution in [2.24, 2.45) is 0 Å². The van der Waals surface area contributed by atoms with E-state index in [0.29, 0.717) is 18.4 Å². The van der Waals surface area contributed by atoms with Crippen LogP contribution >= 0.6 is 0 Å². The van der Waals surface area contributed by atoms with E-state index in [1.54, 1.807) is 22.2 Å². The highest BCUT2D eigenvalue weighted by molar-refractivity contribution is 6.02. The molecule has 0 spiro atoms. The summed E-state index contributed by atoms with van der Waals surface area (Å²) < 4.78 is 13.4. The number of nitrogens with zero attached hydrogens (tertiary/aromatic N) is 2. The number of benzene rings is 2. The smallest absolute Gasteiger partial charge is 0.242 e. The third-order valence-corrected chi connectivity index (χ3v) is 5.65. The largest absolute Gasteiger partial charge is 0.294 e. The predicted octanol–water partition coefficient (Wildman–Crippen LogP) is 4.02. The Hall–Kier alpha value is -2.79. The third kappa shape index (κ3) is 3.27. The number of allylic oxidation sites excluding steroid dienone is 2. The molecule has 4 rings (SSSR count). The second-order valence-corrected chi connectivity index (χ2v) is 7.66. The lowest BCUT2D eigenvalue weighted by molar-refractivity contribution is -0.143. The zero-order chi connectivity index (χ0) is 19.8. The van der Waals surface area contributed by atoms with Crippen molar-refractivity contribution in [2.75, 3.05) is 14.1 Å². The predicted molar refractivity (Wildman–Crippen MR) is 105 cm³/mol. The van der Waals surface area contributed by atoms with Gasteiger partial charge in [0.2, 0.25) is 5.91 Å². The van der Waals surface area contributed by atoms with Gasteiger partial charge >= 0.3 is 0 Å². The second-order valence-electron chi connectivity index (χ2n) is 7.66. The van der Waals surface area contributed by atoms with Crippen LogP contribution in [0.1, 0.15) is 42.2 Å². The van der Waals surface area contributed by atoms with Gasteiger partial charge in [0.1, 0.15) is 5.82 Å². The molecule has 0 fully saturated rings. The molecular formula is C23H23FN2O2. The Morgan fingerprint density at radius 1 is 0.893 bits per heavy atom. The van der Waals surface area contributed by atoms with Gasteiger partial charge in [-0.25, -0.2) is 14.4 Å². The molecule has 2 atom stereocenters. The maximum atomic E-state index is 13.4. The van der Waals surface area contributed by atoms with Crippen LogP contribution < -0.4 is 0 Å². The summed E-state index contributed by atoms with van der Waals surface area (Å²) in [5.41, 5.74) is 3.40. The van der Waals surface area contributed by atoms with Crippen LogP contribution in [0, 0.1) is 5.82 Å². The molecule has 2 aliphatic rings. The highest BCUT2D eigenvalue weighted by Gasteiger charge is 2.42. The van der Waals surface area contributed by atoms with Crippen LogP contribution in [0.15, 0.2) is 65.9 Å². The summed E-state index contributed by atoms with van der Waals surface area (Å²) in [6.45, 7) is 0. The van der Waals surface area contributed by atoms with Crippen LogP contribution in [-0.4, -0.2) is 35.8 Å². The van der Waals surface area contributed by atoms with E-state index in [4.69, 9.17) is 0 Å². The fourth-order valence-electron chi connectivity index (χ4n) is 4.42. The zero-order valence-electron chi connectivity index (χ0n) is 16.1. The molecule has 2 unspecified atom stereocenters. The number of amides is 1. The number of carbonyl (C=O) groups is 2. The topological polar surface area (TPSA) is 40.6 Å². The first-order chi connectivity index (χ1) is 13.5. The summed E-state index contributed by atoms with van der Waals surface area (Å²) in [6.07, 6.45) is 1.27. The first kappa shape index (κ1) is 18.6. The number of halogens is 1. The number of Topliss-reactive ketones (excluding diaryl/α,β-unsaturated/α-hetero) is 1. The molecule has 5 heteroatoms. The molecule has 4 nitrogen and oxygen atoms in total. The second kappa shape index (κ2) is 7.32. The summed E-state index contributed by atoms with van der Waals surface area (Å²) in [4.78, 5) is 26.2. The lowest BCUT2D eigenvalue weighted by Crippen LogP contribution is -2.47. The van der Waals surface area contributed by atoms with E-state index in [-0.39, 0.29) is 35.8 Å². The van der Waals surface area contributed by atoms with Crippen molar-refractivity contribution in [1.82, 2.24) is 10.0 Å². The molecule has 2 aromatic rings. The number of carbonyl (C=O) groups excluding carboxylic acids is 2. The average molecular weight is 378 g/mol. The van der Waals surface area contributed by atoms with Crippen LogP contribution in [0.5, 0.6) is 0 Å². The number of hydrogen-bond donors (Lipinski definition) is 0. The van der Waals surface area contributed by atoms with E-state index in [2.05, 4.69) is 0 Å². The minimum absolute atomic E-state index is 0.0420. The molecule has 0 N–H and O–H groups in total. The van der Waals surface area contributed by atoms with E-state index in [0.717, 1.165) is 16.8 Å². The SMILES string of the molecule is CN(C)N1C(=O)CC(c2ccc(F)cc2)C2=C1CC(c1ccccc1)CC2=O. The van der Waals surface area contributed by atoms with Gasteiger partial charge in [-0.05, 0) is 35.6 Å². The maximum Gasteiger partial charge on any atom is 0.242 e. The number of ketones is 1. The Bertz CT molecular complexity index is 935. The maximum absolute atomic E-state index is 13.4. The van der Waals surface area contributed by atoms with Gasteiger partial charge in [-0.3, -0.25) is 9.59 Å². The third-order valence-electron chi connectivity index (χ3n) is 5.65. The molecule has 28 heavy (non-hydrogen) atoms. The fourth-order valence-corrected chi connectivity index (χ4v) is 4.42. The summed E-state index contributed by atoms with van der Waals surface area (Å²) in [7, 11) is 3.63. The number of hydrogen-bond acceptors (Lipinski definition) is 3. The summed E-state index contributed by atoms with van der Waals surface area (Å²) >= 11 is 0. The van der Waals surface area contributed by atoms with Crippen molar-refractivity contribution in [3.05, 3.63) is 82.8 Å². The monoisotopic (exact) mass is 378 g/mol. The fraction of sp³-hybridized carbons (Fsp3) is 0.304. The van der Waals surface area contributed by atoms with Gasteiger partial charge in [0.05, 0.1) is 0 Å². The van der Waals surface area contributed by atoms with Gasteiger partial charge in [0.25, 0.3) is 0 Å². The molecule has 1 aliphatic heterocycles. The van der Waals surface area contributed by atoms with E-state index in [9.17, 15) is 14.0 Å². The van der Waals surface area contributed by atoms with Gasteiger partial charge in [-0.2, -0.15) is 0 Å². The lowest BCUT2D eigenvalue weighted by Gasteiger charge is -2.42. The quantitative estimate of drug-likeness (QED) is 0.810. The van der Waals surface area contributed by atoms with Crippen LogP contribution in [0.25, 0.3) is 0 Å². The Kier molecular flexibility index (Phi) is 4.85. The molecule has 0 radical (unpaired) electrons. The van der Waals surface area contributed by atoms with Crippen LogP contribution in [0.4, 0.5) is 4.39 Å². The van der Waals surface area contributed by atoms with Gasteiger partial charge < -0.3 is 0 Å². The molecule has 0 saturated carbocycles.